The molecule has 0 saturated heterocycles. The molecule has 2 atom stereocenters. The zero-order valence-corrected chi connectivity index (χ0v) is 18.8. The highest BCUT2D eigenvalue weighted by atomic mass is 32.2. The van der Waals surface area contributed by atoms with Crippen molar-refractivity contribution in [2.45, 2.75) is 58.0 Å². The number of carbonyl (C=O) groups excluding carboxylic acids is 1. The first kappa shape index (κ1) is 23.2. The first-order chi connectivity index (χ1) is 14.6. The van der Waals surface area contributed by atoms with Crippen LogP contribution in [0.3, 0.4) is 0 Å². The van der Waals surface area contributed by atoms with Crippen LogP contribution < -0.4 is 9.62 Å². The second kappa shape index (κ2) is 9.34. The van der Waals surface area contributed by atoms with Crippen LogP contribution in [0.25, 0.3) is 0 Å². The Balaban J connectivity index is 1.84. The minimum Gasteiger partial charge on any atom is -0.347 e. The van der Waals surface area contributed by atoms with Gasteiger partial charge in [-0.05, 0) is 67.9 Å². The van der Waals surface area contributed by atoms with Gasteiger partial charge in [0.25, 0.3) is 0 Å². The van der Waals surface area contributed by atoms with E-state index in [1.807, 2.05) is 13.0 Å². The van der Waals surface area contributed by atoms with Gasteiger partial charge < -0.3 is 5.32 Å². The maximum atomic E-state index is 13.7. The van der Waals surface area contributed by atoms with Gasteiger partial charge in [0.05, 0.1) is 18.0 Å². The van der Waals surface area contributed by atoms with Gasteiger partial charge in [0.15, 0.2) is 11.6 Å². The van der Waals surface area contributed by atoms with Crippen molar-refractivity contribution < 1.29 is 22.0 Å². The monoisotopic (exact) mass is 450 g/mol. The van der Waals surface area contributed by atoms with Crippen LogP contribution in [0.4, 0.5) is 14.5 Å². The number of nitrogens with zero attached hydrogens (tertiary/aromatic N) is 1. The van der Waals surface area contributed by atoms with Crippen LogP contribution >= 0.6 is 0 Å². The highest BCUT2D eigenvalue weighted by Crippen LogP contribution is 2.27. The summed E-state index contributed by atoms with van der Waals surface area (Å²) in [5.41, 5.74) is 3.50. The maximum absolute atomic E-state index is 13.7. The lowest BCUT2D eigenvalue weighted by molar-refractivity contribution is -0.122. The zero-order chi connectivity index (χ0) is 22.8. The van der Waals surface area contributed by atoms with Crippen molar-refractivity contribution in [1.29, 1.82) is 0 Å². The summed E-state index contributed by atoms with van der Waals surface area (Å²) in [5, 5.41) is 2.93. The Morgan fingerprint density at radius 2 is 1.74 bits per heavy atom. The molecule has 168 valence electrons. The summed E-state index contributed by atoms with van der Waals surface area (Å²) >= 11 is 0. The molecule has 31 heavy (non-hydrogen) atoms. The van der Waals surface area contributed by atoms with E-state index >= 15 is 0 Å². The number of benzene rings is 2. The molecule has 0 heterocycles. The third-order valence-electron chi connectivity index (χ3n) is 5.75. The van der Waals surface area contributed by atoms with Gasteiger partial charge in [0, 0.05) is 6.07 Å². The molecule has 1 aliphatic rings. The van der Waals surface area contributed by atoms with Crippen LogP contribution in [0.1, 0.15) is 55.8 Å². The van der Waals surface area contributed by atoms with Gasteiger partial charge in [0.1, 0.15) is 6.04 Å². The zero-order valence-electron chi connectivity index (χ0n) is 18.0. The molecule has 1 N–H and O–H groups in total. The molecule has 8 heteroatoms. The summed E-state index contributed by atoms with van der Waals surface area (Å²) in [5.74, 6) is -2.79. The lowest BCUT2D eigenvalue weighted by Gasteiger charge is -2.30. The third-order valence-corrected chi connectivity index (χ3v) is 6.99. The predicted molar refractivity (Wildman–Crippen MR) is 117 cm³/mol. The number of nitrogens with one attached hydrogen (secondary N) is 1. The molecule has 2 aromatic carbocycles. The molecule has 0 aromatic heterocycles. The van der Waals surface area contributed by atoms with Gasteiger partial charge >= 0.3 is 0 Å². The van der Waals surface area contributed by atoms with Gasteiger partial charge in [0.2, 0.25) is 15.9 Å². The summed E-state index contributed by atoms with van der Waals surface area (Å²) < 4.78 is 52.6. The summed E-state index contributed by atoms with van der Waals surface area (Å²) in [4.78, 5) is 13.0. The van der Waals surface area contributed by atoms with Gasteiger partial charge in [-0.15, -0.1) is 0 Å². The van der Waals surface area contributed by atoms with Crippen molar-refractivity contribution >= 4 is 21.6 Å². The van der Waals surface area contributed by atoms with Gasteiger partial charge in [-0.1, -0.05) is 25.1 Å². The topological polar surface area (TPSA) is 66.5 Å². The van der Waals surface area contributed by atoms with E-state index in [2.05, 4.69) is 17.4 Å². The minimum atomic E-state index is -3.93. The lowest BCUT2D eigenvalue weighted by Crippen LogP contribution is -2.48. The van der Waals surface area contributed by atoms with Crippen molar-refractivity contribution in [1.82, 2.24) is 5.32 Å². The molecule has 1 aliphatic carbocycles. The van der Waals surface area contributed by atoms with E-state index in [-0.39, 0.29) is 11.7 Å². The molecule has 0 bridgehead atoms. The molecule has 1 amide bonds. The fraction of sp³-hybridized carbons (Fsp3) is 0.435. The number of rotatable bonds is 7. The Bertz CT molecular complexity index is 1070. The summed E-state index contributed by atoms with van der Waals surface area (Å²) in [6.45, 7) is 3.37. The number of hydrogen-bond donors (Lipinski definition) is 1. The molecule has 0 radical (unpaired) electrons. The predicted octanol–water partition coefficient (Wildman–Crippen LogP) is 4.27. The first-order valence-electron chi connectivity index (χ1n) is 10.5. The van der Waals surface area contributed by atoms with Crippen molar-refractivity contribution in [3.8, 4) is 0 Å². The minimum absolute atomic E-state index is 0.106. The molecular formula is C23H28F2N2O3S. The highest BCUT2D eigenvalue weighted by Gasteiger charge is 2.31. The van der Waals surface area contributed by atoms with E-state index in [9.17, 15) is 22.0 Å². The average molecular weight is 451 g/mol. The number of hydrogen-bond acceptors (Lipinski definition) is 3. The Morgan fingerprint density at radius 3 is 2.35 bits per heavy atom. The Morgan fingerprint density at radius 1 is 1.06 bits per heavy atom. The van der Waals surface area contributed by atoms with Crippen LogP contribution in [-0.2, 0) is 27.7 Å². The SMILES string of the molecule is CC[C@@H](NC(=O)[C@@H](C)N(c1ccc(F)c(F)c1)S(C)(=O)=O)c1ccc2c(c1)CCCC2. The quantitative estimate of drug-likeness (QED) is 0.685. The van der Waals surface area contributed by atoms with Crippen LogP contribution in [0.15, 0.2) is 36.4 Å². The molecule has 2 aromatic rings. The first-order valence-corrected chi connectivity index (χ1v) is 12.3. The normalized spacial score (nSPS) is 15.6. The molecular weight excluding hydrogens is 422 g/mol. The second-order valence-electron chi connectivity index (χ2n) is 8.04. The van der Waals surface area contributed by atoms with Crippen molar-refractivity contribution in [3.63, 3.8) is 0 Å². The molecule has 0 fully saturated rings. The van der Waals surface area contributed by atoms with E-state index in [4.69, 9.17) is 0 Å². The van der Waals surface area contributed by atoms with E-state index in [1.54, 1.807) is 0 Å². The fourth-order valence-electron chi connectivity index (χ4n) is 4.11. The van der Waals surface area contributed by atoms with Crippen LogP contribution in [0, 0.1) is 11.6 Å². The van der Waals surface area contributed by atoms with E-state index in [1.165, 1.54) is 24.5 Å². The van der Waals surface area contributed by atoms with E-state index in [0.717, 1.165) is 53.6 Å². The molecule has 0 saturated carbocycles. The standard InChI is InChI=1S/C23H28F2N2O3S/c1-4-22(18-10-9-16-7-5-6-8-17(16)13-18)26-23(28)15(2)27(31(3,29)30)19-11-12-20(24)21(25)14-19/h9-15,22H,4-8H2,1-3H3,(H,26,28)/t15-,22-/m1/s1. The number of aryl methyl sites for hydroxylation is 2. The molecule has 5 nitrogen and oxygen atoms in total. The average Bonchev–Trinajstić information content (AvgIpc) is 2.73. The van der Waals surface area contributed by atoms with Gasteiger partial charge in [-0.25, -0.2) is 17.2 Å². The largest absolute Gasteiger partial charge is 0.347 e. The Hall–Kier alpha value is -2.48. The van der Waals surface area contributed by atoms with Gasteiger partial charge in [-0.2, -0.15) is 0 Å². The van der Waals surface area contributed by atoms with E-state index < -0.39 is 33.6 Å². The van der Waals surface area contributed by atoms with Crippen molar-refractivity contribution in [2.75, 3.05) is 10.6 Å². The third kappa shape index (κ3) is 5.23. The van der Waals surface area contributed by atoms with Crippen LogP contribution in [0.2, 0.25) is 0 Å². The summed E-state index contributed by atoms with van der Waals surface area (Å²) in [6, 6.07) is 7.57. The smallest absolute Gasteiger partial charge is 0.244 e. The molecule has 0 spiro atoms. The van der Waals surface area contributed by atoms with Crippen LogP contribution in [-0.4, -0.2) is 26.6 Å². The number of amides is 1. The molecule has 0 aliphatic heterocycles. The highest BCUT2D eigenvalue weighted by molar-refractivity contribution is 7.92. The number of carbonyl (C=O) groups is 1. The molecule has 3 rings (SSSR count). The van der Waals surface area contributed by atoms with Crippen molar-refractivity contribution in [3.05, 3.63) is 64.7 Å². The Kier molecular flexibility index (Phi) is 6.99. The summed E-state index contributed by atoms with van der Waals surface area (Å²) in [7, 11) is -3.93. The number of sulfonamides is 1. The second-order valence-corrected chi connectivity index (χ2v) is 9.90. The maximum Gasteiger partial charge on any atom is 0.244 e. The fourth-order valence-corrected chi connectivity index (χ4v) is 5.28. The lowest BCUT2D eigenvalue weighted by atomic mass is 9.88. The summed E-state index contributed by atoms with van der Waals surface area (Å²) in [6.07, 6.45) is 5.96. The van der Waals surface area contributed by atoms with Crippen molar-refractivity contribution in [2.24, 2.45) is 0 Å². The molecule has 0 unspecified atom stereocenters. The number of halogens is 2. The van der Waals surface area contributed by atoms with Crippen LogP contribution in [0.5, 0.6) is 0 Å². The number of fused-ring (bicyclic) bond motifs is 1. The van der Waals surface area contributed by atoms with E-state index in [0.29, 0.717) is 6.42 Å². The number of anilines is 1. The Labute approximate surface area is 182 Å². The van der Waals surface area contributed by atoms with Gasteiger partial charge in [-0.3, -0.25) is 9.10 Å².